The van der Waals surface area contributed by atoms with Gasteiger partial charge in [0.15, 0.2) is 0 Å². The molecule has 0 bridgehead atoms. The average Bonchev–Trinajstić information content (AvgIpc) is 2.77. The van der Waals surface area contributed by atoms with Gasteiger partial charge in [-0.15, -0.1) is 0 Å². The molecule has 0 unspecified atom stereocenters. The van der Waals surface area contributed by atoms with Crippen molar-refractivity contribution in [2.24, 2.45) is 0 Å². The molecule has 1 aliphatic rings. The van der Waals surface area contributed by atoms with Crippen LogP contribution in [0.25, 0.3) is 0 Å². The highest BCUT2D eigenvalue weighted by atomic mass is 35.5. The molecule has 1 aromatic heterocycles. The van der Waals surface area contributed by atoms with Gasteiger partial charge < -0.3 is 9.47 Å². The Morgan fingerprint density at radius 1 is 1.18 bits per heavy atom. The van der Waals surface area contributed by atoms with Crippen molar-refractivity contribution < 1.29 is 9.47 Å². The first kappa shape index (κ1) is 12.7. The van der Waals surface area contributed by atoms with Crippen molar-refractivity contribution in [1.29, 1.82) is 0 Å². The van der Waals surface area contributed by atoms with Gasteiger partial charge in [-0.05, 0) is 19.3 Å². The summed E-state index contributed by atoms with van der Waals surface area (Å²) < 4.78 is 10.3. The van der Waals surface area contributed by atoms with E-state index in [9.17, 15) is 0 Å². The Kier molecular flexibility index (Phi) is 4.71. The van der Waals surface area contributed by atoms with E-state index in [2.05, 4.69) is 9.97 Å². The highest BCUT2D eigenvalue weighted by molar-refractivity contribution is 6.30. The van der Waals surface area contributed by atoms with Gasteiger partial charge in [-0.25, -0.2) is 9.97 Å². The number of hydrogen-bond acceptors (Lipinski definition) is 4. The highest BCUT2D eigenvalue weighted by Crippen LogP contribution is 2.25. The zero-order valence-corrected chi connectivity index (χ0v) is 10.8. The Morgan fingerprint density at radius 2 is 2.06 bits per heavy atom. The second-order valence-corrected chi connectivity index (χ2v) is 4.42. The number of ether oxygens (including phenoxy) is 2. The number of nitrogens with zero attached hydrogens (tertiary/aromatic N) is 2. The van der Waals surface area contributed by atoms with Crippen LogP contribution < -0.4 is 0 Å². The van der Waals surface area contributed by atoms with Crippen LogP contribution in [0.1, 0.15) is 23.5 Å². The fraction of sp³-hybridized carbons (Fsp3) is 0.667. The number of aryl methyl sites for hydroxylation is 1. The summed E-state index contributed by atoms with van der Waals surface area (Å²) in [6.07, 6.45) is 3.88. The maximum absolute atomic E-state index is 6.13. The topological polar surface area (TPSA) is 44.2 Å². The van der Waals surface area contributed by atoms with Crippen LogP contribution >= 0.6 is 11.6 Å². The van der Waals surface area contributed by atoms with E-state index in [4.69, 9.17) is 21.1 Å². The molecule has 0 radical (unpaired) electrons. The van der Waals surface area contributed by atoms with Gasteiger partial charge in [-0.2, -0.15) is 0 Å². The molecule has 0 atom stereocenters. The standard InChI is InChI=1S/C12H17ClN2O2/c1-16-7-8-17-6-5-11-14-10-4-2-3-9(10)12(13)15-11/h2-8H2,1H3. The van der Waals surface area contributed by atoms with E-state index >= 15 is 0 Å². The van der Waals surface area contributed by atoms with E-state index in [0.717, 1.165) is 36.3 Å². The maximum Gasteiger partial charge on any atom is 0.136 e. The van der Waals surface area contributed by atoms with Crippen LogP contribution in [0.3, 0.4) is 0 Å². The Morgan fingerprint density at radius 3 is 2.88 bits per heavy atom. The molecule has 1 aliphatic carbocycles. The van der Waals surface area contributed by atoms with Crippen LogP contribution in [0.2, 0.25) is 5.15 Å². The molecule has 0 N–H and O–H groups in total. The van der Waals surface area contributed by atoms with Crippen molar-refractivity contribution in [1.82, 2.24) is 9.97 Å². The molecule has 0 fully saturated rings. The van der Waals surface area contributed by atoms with Gasteiger partial charge >= 0.3 is 0 Å². The lowest BCUT2D eigenvalue weighted by Crippen LogP contribution is -2.08. The van der Waals surface area contributed by atoms with Gasteiger partial charge in [0.1, 0.15) is 11.0 Å². The Bertz CT molecular complexity index is 385. The van der Waals surface area contributed by atoms with Gasteiger partial charge in [0, 0.05) is 24.8 Å². The largest absolute Gasteiger partial charge is 0.382 e. The molecule has 0 aliphatic heterocycles. The minimum absolute atomic E-state index is 0.606. The Hall–Kier alpha value is -0.710. The monoisotopic (exact) mass is 256 g/mol. The number of rotatable bonds is 6. The molecular formula is C12H17ClN2O2. The number of hydrogen-bond donors (Lipinski definition) is 0. The summed E-state index contributed by atoms with van der Waals surface area (Å²) in [5.74, 6) is 0.785. The normalized spacial score (nSPS) is 14.0. The van der Waals surface area contributed by atoms with Crippen LogP contribution in [0.5, 0.6) is 0 Å². The number of halogens is 1. The van der Waals surface area contributed by atoms with Crippen molar-refractivity contribution in [3.05, 3.63) is 22.2 Å². The van der Waals surface area contributed by atoms with E-state index in [1.54, 1.807) is 7.11 Å². The number of methoxy groups -OCH3 is 1. The molecule has 0 saturated carbocycles. The van der Waals surface area contributed by atoms with Gasteiger partial charge in [0.25, 0.3) is 0 Å². The molecule has 2 rings (SSSR count). The predicted octanol–water partition coefficient (Wildman–Crippen LogP) is 1.82. The van der Waals surface area contributed by atoms with Crippen molar-refractivity contribution in [3.63, 3.8) is 0 Å². The fourth-order valence-corrected chi connectivity index (χ4v) is 2.26. The van der Waals surface area contributed by atoms with E-state index in [1.165, 1.54) is 0 Å². The molecule has 0 aromatic carbocycles. The Balaban J connectivity index is 1.87. The Labute approximate surface area is 106 Å². The highest BCUT2D eigenvalue weighted by Gasteiger charge is 2.17. The number of aromatic nitrogens is 2. The zero-order valence-electron chi connectivity index (χ0n) is 10.0. The van der Waals surface area contributed by atoms with E-state index in [0.29, 0.717) is 31.4 Å². The summed E-state index contributed by atoms with van der Waals surface area (Å²) in [5.41, 5.74) is 2.26. The van der Waals surface area contributed by atoms with Crippen LogP contribution in [0, 0.1) is 0 Å². The summed E-state index contributed by atoms with van der Waals surface area (Å²) >= 11 is 6.13. The van der Waals surface area contributed by atoms with Crippen LogP contribution in [-0.2, 0) is 28.7 Å². The molecule has 94 valence electrons. The van der Waals surface area contributed by atoms with Crippen molar-refractivity contribution >= 4 is 11.6 Å². The smallest absolute Gasteiger partial charge is 0.136 e. The van der Waals surface area contributed by atoms with Crippen molar-refractivity contribution in [2.75, 3.05) is 26.9 Å². The zero-order chi connectivity index (χ0) is 12.1. The summed E-state index contributed by atoms with van der Waals surface area (Å²) in [6, 6.07) is 0. The third-order valence-electron chi connectivity index (χ3n) is 2.83. The third-order valence-corrected chi connectivity index (χ3v) is 3.14. The molecule has 17 heavy (non-hydrogen) atoms. The lowest BCUT2D eigenvalue weighted by Gasteiger charge is -2.06. The molecule has 1 aromatic rings. The quantitative estimate of drug-likeness (QED) is 0.575. The first-order chi connectivity index (χ1) is 8.31. The van der Waals surface area contributed by atoms with Gasteiger partial charge in [-0.1, -0.05) is 11.6 Å². The molecule has 1 heterocycles. The molecular weight excluding hydrogens is 240 g/mol. The maximum atomic E-state index is 6.13. The van der Waals surface area contributed by atoms with E-state index < -0.39 is 0 Å². The van der Waals surface area contributed by atoms with Crippen LogP contribution in [-0.4, -0.2) is 36.9 Å². The number of fused-ring (bicyclic) bond motifs is 1. The van der Waals surface area contributed by atoms with Crippen molar-refractivity contribution in [3.8, 4) is 0 Å². The molecule has 0 amide bonds. The molecule has 5 heteroatoms. The van der Waals surface area contributed by atoms with Gasteiger partial charge in [0.2, 0.25) is 0 Å². The average molecular weight is 257 g/mol. The predicted molar refractivity (Wildman–Crippen MR) is 65.5 cm³/mol. The van der Waals surface area contributed by atoms with E-state index in [1.807, 2.05) is 0 Å². The van der Waals surface area contributed by atoms with E-state index in [-0.39, 0.29) is 0 Å². The molecule has 0 spiro atoms. The minimum atomic E-state index is 0.606. The van der Waals surface area contributed by atoms with Gasteiger partial charge in [-0.3, -0.25) is 0 Å². The summed E-state index contributed by atoms with van der Waals surface area (Å²) in [4.78, 5) is 8.83. The summed E-state index contributed by atoms with van der Waals surface area (Å²) in [6.45, 7) is 1.83. The van der Waals surface area contributed by atoms with Crippen molar-refractivity contribution in [2.45, 2.75) is 25.7 Å². The molecule has 0 saturated heterocycles. The summed E-state index contributed by atoms with van der Waals surface area (Å²) in [7, 11) is 1.66. The third kappa shape index (κ3) is 3.37. The van der Waals surface area contributed by atoms with Crippen LogP contribution in [0.4, 0.5) is 0 Å². The SMILES string of the molecule is COCCOCCc1nc(Cl)c2c(n1)CCC2. The van der Waals surface area contributed by atoms with Crippen LogP contribution in [0.15, 0.2) is 0 Å². The second kappa shape index (κ2) is 6.28. The lowest BCUT2D eigenvalue weighted by atomic mass is 10.2. The fourth-order valence-electron chi connectivity index (χ4n) is 1.95. The minimum Gasteiger partial charge on any atom is -0.382 e. The lowest BCUT2D eigenvalue weighted by molar-refractivity contribution is 0.0716. The van der Waals surface area contributed by atoms with Gasteiger partial charge in [0.05, 0.1) is 19.8 Å². The second-order valence-electron chi connectivity index (χ2n) is 4.06. The first-order valence-electron chi connectivity index (χ1n) is 5.92. The summed E-state index contributed by atoms with van der Waals surface area (Å²) in [5, 5.41) is 0.624. The molecule has 4 nitrogen and oxygen atoms in total. The first-order valence-corrected chi connectivity index (χ1v) is 6.30.